The SMILES string of the molecule is Nc1nc(NCC2CCCCC2O)c2[nH]cnc2n1. The summed E-state index contributed by atoms with van der Waals surface area (Å²) in [5.74, 6) is 1.12. The van der Waals surface area contributed by atoms with Crippen molar-refractivity contribution in [1.29, 1.82) is 0 Å². The predicted molar refractivity (Wildman–Crippen MR) is 72.6 cm³/mol. The van der Waals surface area contributed by atoms with E-state index in [2.05, 4.69) is 25.3 Å². The van der Waals surface area contributed by atoms with Crippen LogP contribution in [-0.4, -0.2) is 37.7 Å². The van der Waals surface area contributed by atoms with Gasteiger partial charge < -0.3 is 21.1 Å². The number of nitrogen functional groups attached to an aromatic ring is 1. The summed E-state index contributed by atoms with van der Waals surface area (Å²) < 4.78 is 0. The molecule has 19 heavy (non-hydrogen) atoms. The quantitative estimate of drug-likeness (QED) is 0.653. The Morgan fingerprint density at radius 3 is 3.05 bits per heavy atom. The molecule has 1 aliphatic rings. The average Bonchev–Trinajstić information content (AvgIpc) is 2.85. The number of anilines is 2. The highest BCUT2D eigenvalue weighted by atomic mass is 16.3. The summed E-state index contributed by atoms with van der Waals surface area (Å²) in [5, 5.41) is 13.2. The fourth-order valence-corrected chi connectivity index (χ4v) is 2.63. The molecule has 2 unspecified atom stereocenters. The Kier molecular flexibility index (Phi) is 3.20. The zero-order valence-corrected chi connectivity index (χ0v) is 10.6. The van der Waals surface area contributed by atoms with Crippen LogP contribution < -0.4 is 11.1 Å². The second-order valence-electron chi connectivity index (χ2n) is 5.02. The molecule has 0 aromatic carbocycles. The highest BCUT2D eigenvalue weighted by molar-refractivity contribution is 5.83. The Balaban J connectivity index is 1.75. The van der Waals surface area contributed by atoms with Gasteiger partial charge >= 0.3 is 0 Å². The van der Waals surface area contributed by atoms with Crippen LogP contribution in [0.25, 0.3) is 11.2 Å². The second-order valence-corrected chi connectivity index (χ2v) is 5.02. The summed E-state index contributed by atoms with van der Waals surface area (Å²) in [5.41, 5.74) is 6.96. The first-order valence-corrected chi connectivity index (χ1v) is 6.62. The number of hydrogen-bond donors (Lipinski definition) is 4. The minimum Gasteiger partial charge on any atom is -0.393 e. The molecule has 102 valence electrons. The van der Waals surface area contributed by atoms with E-state index in [0.717, 1.165) is 24.8 Å². The van der Waals surface area contributed by atoms with E-state index >= 15 is 0 Å². The van der Waals surface area contributed by atoms with Crippen LogP contribution in [-0.2, 0) is 0 Å². The van der Waals surface area contributed by atoms with E-state index in [1.165, 1.54) is 6.42 Å². The molecule has 7 heteroatoms. The van der Waals surface area contributed by atoms with Crippen LogP contribution in [0.1, 0.15) is 25.7 Å². The molecule has 7 nitrogen and oxygen atoms in total. The smallest absolute Gasteiger partial charge is 0.224 e. The topological polar surface area (TPSA) is 113 Å². The number of hydrogen-bond acceptors (Lipinski definition) is 6. The van der Waals surface area contributed by atoms with Crippen molar-refractivity contribution in [3.05, 3.63) is 6.33 Å². The minimum absolute atomic E-state index is 0.200. The van der Waals surface area contributed by atoms with Crippen molar-refractivity contribution in [2.24, 2.45) is 5.92 Å². The van der Waals surface area contributed by atoms with Crippen molar-refractivity contribution < 1.29 is 5.11 Å². The number of fused-ring (bicyclic) bond motifs is 1. The van der Waals surface area contributed by atoms with E-state index < -0.39 is 0 Å². The second kappa shape index (κ2) is 5.00. The third-order valence-corrected chi connectivity index (χ3v) is 3.70. The number of nitrogens with zero attached hydrogens (tertiary/aromatic N) is 3. The molecule has 2 heterocycles. The molecule has 2 atom stereocenters. The van der Waals surface area contributed by atoms with Gasteiger partial charge in [0.05, 0.1) is 12.4 Å². The summed E-state index contributed by atoms with van der Waals surface area (Å²) in [7, 11) is 0. The summed E-state index contributed by atoms with van der Waals surface area (Å²) in [6.07, 6.45) is 5.56. The lowest BCUT2D eigenvalue weighted by Crippen LogP contribution is -2.30. The first-order chi connectivity index (χ1) is 9.24. The summed E-state index contributed by atoms with van der Waals surface area (Å²) >= 11 is 0. The van der Waals surface area contributed by atoms with E-state index in [0.29, 0.717) is 18.0 Å². The van der Waals surface area contributed by atoms with Crippen LogP contribution in [0.15, 0.2) is 6.33 Å². The lowest BCUT2D eigenvalue weighted by Gasteiger charge is -2.27. The highest BCUT2D eigenvalue weighted by Gasteiger charge is 2.23. The van der Waals surface area contributed by atoms with E-state index in [1.54, 1.807) is 6.33 Å². The number of rotatable bonds is 3. The number of imidazole rings is 1. The third-order valence-electron chi connectivity index (χ3n) is 3.70. The first-order valence-electron chi connectivity index (χ1n) is 6.62. The number of aliphatic hydroxyl groups is 1. The molecule has 2 aromatic rings. The normalized spacial score (nSPS) is 23.6. The molecular formula is C12H18N6O. The van der Waals surface area contributed by atoms with E-state index in [-0.39, 0.29) is 18.0 Å². The Morgan fingerprint density at radius 1 is 1.37 bits per heavy atom. The van der Waals surface area contributed by atoms with Crippen LogP contribution in [0.3, 0.4) is 0 Å². The molecule has 1 aliphatic carbocycles. The van der Waals surface area contributed by atoms with Crippen LogP contribution >= 0.6 is 0 Å². The molecule has 0 radical (unpaired) electrons. The number of nitrogens with one attached hydrogen (secondary N) is 2. The lowest BCUT2D eigenvalue weighted by molar-refractivity contribution is 0.0763. The van der Waals surface area contributed by atoms with Crippen molar-refractivity contribution in [2.45, 2.75) is 31.8 Å². The fraction of sp³-hybridized carbons (Fsp3) is 0.583. The largest absolute Gasteiger partial charge is 0.393 e. The maximum atomic E-state index is 9.96. The third kappa shape index (κ3) is 2.46. The number of aliphatic hydroxyl groups excluding tert-OH is 1. The lowest BCUT2D eigenvalue weighted by atomic mass is 9.86. The van der Waals surface area contributed by atoms with Crippen LogP contribution in [0, 0.1) is 5.92 Å². The molecule has 0 bridgehead atoms. The molecule has 5 N–H and O–H groups in total. The van der Waals surface area contributed by atoms with Gasteiger partial charge in [-0.2, -0.15) is 9.97 Å². The van der Waals surface area contributed by atoms with Gasteiger partial charge in [-0.1, -0.05) is 12.8 Å². The van der Waals surface area contributed by atoms with E-state index in [1.807, 2.05) is 0 Å². The van der Waals surface area contributed by atoms with Gasteiger partial charge in [0.2, 0.25) is 5.95 Å². The standard InChI is InChI=1S/C12H18N6O/c13-12-17-10(9-11(18-12)16-6-15-9)14-5-7-3-1-2-4-8(7)19/h6-8,19H,1-5H2,(H4,13,14,15,16,17,18). The van der Waals surface area contributed by atoms with Crippen LogP contribution in [0.4, 0.5) is 11.8 Å². The van der Waals surface area contributed by atoms with Gasteiger partial charge in [-0.15, -0.1) is 0 Å². The van der Waals surface area contributed by atoms with Gasteiger partial charge in [0.15, 0.2) is 11.5 Å². The van der Waals surface area contributed by atoms with Gasteiger partial charge in [-0.05, 0) is 12.8 Å². The van der Waals surface area contributed by atoms with Crippen molar-refractivity contribution in [3.8, 4) is 0 Å². The molecule has 0 spiro atoms. The van der Waals surface area contributed by atoms with Crippen molar-refractivity contribution in [1.82, 2.24) is 19.9 Å². The zero-order chi connectivity index (χ0) is 13.2. The monoisotopic (exact) mass is 262 g/mol. The molecule has 3 rings (SSSR count). The Morgan fingerprint density at radius 2 is 2.21 bits per heavy atom. The molecule has 0 saturated heterocycles. The molecule has 0 amide bonds. The summed E-state index contributed by atoms with van der Waals surface area (Å²) in [6.45, 7) is 0.686. The average molecular weight is 262 g/mol. The van der Waals surface area contributed by atoms with Crippen molar-refractivity contribution in [2.75, 3.05) is 17.6 Å². The molecular weight excluding hydrogens is 244 g/mol. The number of aromatic nitrogens is 4. The van der Waals surface area contributed by atoms with Crippen LogP contribution in [0.5, 0.6) is 0 Å². The van der Waals surface area contributed by atoms with Crippen molar-refractivity contribution >= 4 is 22.9 Å². The Labute approximate surface area is 110 Å². The van der Waals surface area contributed by atoms with Gasteiger partial charge in [0.1, 0.15) is 5.52 Å². The van der Waals surface area contributed by atoms with Crippen molar-refractivity contribution in [3.63, 3.8) is 0 Å². The predicted octanol–water partition coefficient (Wildman–Crippen LogP) is 0.898. The van der Waals surface area contributed by atoms with Crippen LogP contribution in [0.2, 0.25) is 0 Å². The highest BCUT2D eigenvalue weighted by Crippen LogP contribution is 2.25. The summed E-state index contributed by atoms with van der Waals surface area (Å²) in [6, 6.07) is 0. The summed E-state index contributed by atoms with van der Waals surface area (Å²) in [4.78, 5) is 15.3. The number of H-pyrrole nitrogens is 1. The Hall–Kier alpha value is -1.89. The van der Waals surface area contributed by atoms with E-state index in [4.69, 9.17) is 5.73 Å². The molecule has 2 aromatic heterocycles. The molecule has 0 aliphatic heterocycles. The fourth-order valence-electron chi connectivity index (χ4n) is 2.63. The van der Waals surface area contributed by atoms with E-state index in [9.17, 15) is 5.11 Å². The maximum absolute atomic E-state index is 9.96. The Bertz CT molecular complexity index is 568. The first kappa shape index (κ1) is 12.2. The van der Waals surface area contributed by atoms with Gasteiger partial charge in [0.25, 0.3) is 0 Å². The van der Waals surface area contributed by atoms with Gasteiger partial charge in [0, 0.05) is 12.5 Å². The molecule has 1 saturated carbocycles. The number of aromatic amines is 1. The number of nitrogens with two attached hydrogens (primary N) is 1. The van der Waals surface area contributed by atoms with Gasteiger partial charge in [-0.3, -0.25) is 0 Å². The van der Waals surface area contributed by atoms with Gasteiger partial charge in [-0.25, -0.2) is 4.98 Å². The maximum Gasteiger partial charge on any atom is 0.224 e. The molecule has 1 fully saturated rings. The zero-order valence-electron chi connectivity index (χ0n) is 10.6. The minimum atomic E-state index is -0.224.